The molecule has 3 rings (SSSR count). The molecule has 86 valence electrons. The molecule has 1 N–H and O–H groups in total. The second-order valence-corrected chi connectivity index (χ2v) is 4.67. The van der Waals surface area contributed by atoms with E-state index < -0.39 is 0 Å². The summed E-state index contributed by atoms with van der Waals surface area (Å²) in [5, 5.41) is 7.59. The van der Waals surface area contributed by atoms with E-state index >= 15 is 0 Å². The predicted molar refractivity (Wildman–Crippen MR) is 69.5 cm³/mol. The van der Waals surface area contributed by atoms with Crippen LogP contribution in [0.4, 0.5) is 0 Å². The van der Waals surface area contributed by atoms with Crippen molar-refractivity contribution >= 4 is 21.6 Å². The van der Waals surface area contributed by atoms with Crippen molar-refractivity contribution in [1.82, 2.24) is 20.1 Å². The number of benzene rings is 1. The number of thiazole rings is 1. The first kappa shape index (κ1) is 10.4. The van der Waals surface area contributed by atoms with Crippen molar-refractivity contribution in [3.8, 4) is 5.69 Å². The average Bonchev–Trinajstić information content (AvgIpc) is 2.96. The van der Waals surface area contributed by atoms with Gasteiger partial charge >= 0.3 is 0 Å². The highest BCUT2D eigenvalue weighted by Gasteiger charge is 2.03. The highest BCUT2D eigenvalue weighted by atomic mass is 32.1. The molecule has 0 atom stereocenters. The molecule has 0 aliphatic heterocycles. The largest absolute Gasteiger partial charge is 0.314 e. The highest BCUT2D eigenvalue weighted by molar-refractivity contribution is 7.16. The third-order valence-corrected chi connectivity index (χ3v) is 3.37. The van der Waals surface area contributed by atoms with Gasteiger partial charge in [-0.3, -0.25) is 0 Å². The maximum absolute atomic E-state index is 4.50. The first-order valence-electron chi connectivity index (χ1n) is 5.39. The van der Waals surface area contributed by atoms with E-state index in [1.807, 2.05) is 41.6 Å². The van der Waals surface area contributed by atoms with Gasteiger partial charge in [-0.05, 0) is 31.3 Å². The SMILES string of the molecule is CNCc1ccn(-c2ccc3ncsc3c2)n1. The van der Waals surface area contributed by atoms with Crippen LogP contribution in [0.25, 0.3) is 15.9 Å². The van der Waals surface area contributed by atoms with E-state index in [1.165, 1.54) is 4.70 Å². The molecule has 0 aliphatic carbocycles. The van der Waals surface area contributed by atoms with Crippen molar-refractivity contribution in [3.05, 3.63) is 41.7 Å². The fourth-order valence-electron chi connectivity index (χ4n) is 1.77. The fourth-order valence-corrected chi connectivity index (χ4v) is 2.48. The van der Waals surface area contributed by atoms with Gasteiger partial charge in [-0.2, -0.15) is 5.10 Å². The summed E-state index contributed by atoms with van der Waals surface area (Å²) < 4.78 is 3.08. The Morgan fingerprint density at radius 1 is 1.35 bits per heavy atom. The Balaban J connectivity index is 2.00. The molecule has 0 unspecified atom stereocenters. The molecule has 3 aromatic rings. The van der Waals surface area contributed by atoms with Gasteiger partial charge in [-0.1, -0.05) is 0 Å². The number of hydrogen-bond donors (Lipinski definition) is 1. The summed E-state index contributed by atoms with van der Waals surface area (Å²) in [6, 6.07) is 8.20. The van der Waals surface area contributed by atoms with Crippen LogP contribution in [0.5, 0.6) is 0 Å². The molecule has 0 bridgehead atoms. The first-order valence-corrected chi connectivity index (χ1v) is 6.27. The van der Waals surface area contributed by atoms with Gasteiger partial charge in [0.15, 0.2) is 0 Å². The third-order valence-electron chi connectivity index (χ3n) is 2.58. The molecular formula is C12H12N4S. The van der Waals surface area contributed by atoms with Crippen LogP contribution in [0.15, 0.2) is 36.0 Å². The number of fused-ring (bicyclic) bond motifs is 1. The van der Waals surface area contributed by atoms with Gasteiger partial charge in [-0.25, -0.2) is 9.67 Å². The Kier molecular flexibility index (Phi) is 2.62. The molecule has 1 aromatic carbocycles. The maximum Gasteiger partial charge on any atom is 0.0813 e. The van der Waals surface area contributed by atoms with E-state index in [4.69, 9.17) is 0 Å². The van der Waals surface area contributed by atoms with Crippen LogP contribution in [0, 0.1) is 0 Å². The second kappa shape index (κ2) is 4.27. The molecule has 0 amide bonds. The topological polar surface area (TPSA) is 42.7 Å². The lowest BCUT2D eigenvalue weighted by Gasteiger charge is -2.00. The second-order valence-electron chi connectivity index (χ2n) is 3.79. The van der Waals surface area contributed by atoms with Gasteiger partial charge in [0.1, 0.15) is 0 Å². The monoisotopic (exact) mass is 244 g/mol. The molecule has 17 heavy (non-hydrogen) atoms. The minimum Gasteiger partial charge on any atom is -0.314 e. The quantitative estimate of drug-likeness (QED) is 0.768. The van der Waals surface area contributed by atoms with E-state index in [2.05, 4.69) is 21.5 Å². The van der Waals surface area contributed by atoms with Crippen LogP contribution >= 0.6 is 11.3 Å². The molecule has 0 spiro atoms. The molecular weight excluding hydrogens is 232 g/mol. The summed E-state index contributed by atoms with van der Waals surface area (Å²) in [6.45, 7) is 0.788. The summed E-state index contributed by atoms with van der Waals surface area (Å²) >= 11 is 1.65. The molecule has 0 radical (unpaired) electrons. The van der Waals surface area contributed by atoms with Crippen molar-refractivity contribution in [3.63, 3.8) is 0 Å². The van der Waals surface area contributed by atoms with Crippen molar-refractivity contribution in [2.24, 2.45) is 0 Å². The Hall–Kier alpha value is -1.72. The van der Waals surface area contributed by atoms with Gasteiger partial charge < -0.3 is 5.32 Å². The van der Waals surface area contributed by atoms with Crippen LogP contribution in [0.2, 0.25) is 0 Å². The molecule has 4 nitrogen and oxygen atoms in total. The average molecular weight is 244 g/mol. The minimum atomic E-state index is 0.788. The molecule has 2 aromatic heterocycles. The molecule has 5 heteroatoms. The number of rotatable bonds is 3. The van der Waals surface area contributed by atoms with Gasteiger partial charge in [0.25, 0.3) is 0 Å². The molecule has 0 fully saturated rings. The van der Waals surface area contributed by atoms with Crippen molar-refractivity contribution in [2.45, 2.75) is 6.54 Å². The van der Waals surface area contributed by atoms with Crippen molar-refractivity contribution < 1.29 is 0 Å². The van der Waals surface area contributed by atoms with E-state index in [0.29, 0.717) is 0 Å². The van der Waals surface area contributed by atoms with E-state index in [1.54, 1.807) is 11.3 Å². The van der Waals surface area contributed by atoms with Crippen LogP contribution in [0.1, 0.15) is 5.69 Å². The number of nitrogens with zero attached hydrogens (tertiary/aromatic N) is 3. The first-order chi connectivity index (χ1) is 8.36. The summed E-state index contributed by atoms with van der Waals surface area (Å²) in [7, 11) is 1.92. The molecule has 0 saturated heterocycles. The Morgan fingerprint density at radius 3 is 3.18 bits per heavy atom. The Morgan fingerprint density at radius 2 is 2.29 bits per heavy atom. The molecule has 0 aliphatic rings. The van der Waals surface area contributed by atoms with Crippen molar-refractivity contribution in [1.29, 1.82) is 0 Å². The summed E-state index contributed by atoms with van der Waals surface area (Å²) in [6.07, 6.45) is 1.98. The zero-order valence-corrected chi connectivity index (χ0v) is 10.2. The van der Waals surface area contributed by atoms with E-state index in [0.717, 1.165) is 23.4 Å². The van der Waals surface area contributed by atoms with Crippen LogP contribution in [0.3, 0.4) is 0 Å². The minimum absolute atomic E-state index is 0.788. The summed E-state index contributed by atoms with van der Waals surface area (Å²) in [5.41, 5.74) is 5.02. The standard InChI is InChI=1S/C12H12N4S/c1-13-7-9-4-5-16(15-9)10-2-3-11-12(6-10)17-8-14-11/h2-6,8,13H,7H2,1H3. The maximum atomic E-state index is 4.50. The summed E-state index contributed by atoms with van der Waals surface area (Å²) in [4.78, 5) is 4.27. The number of hydrogen-bond acceptors (Lipinski definition) is 4. The summed E-state index contributed by atoms with van der Waals surface area (Å²) in [5.74, 6) is 0. The van der Waals surface area contributed by atoms with Crippen LogP contribution in [-0.4, -0.2) is 21.8 Å². The smallest absolute Gasteiger partial charge is 0.0813 e. The zero-order chi connectivity index (χ0) is 11.7. The normalized spacial score (nSPS) is 11.1. The van der Waals surface area contributed by atoms with Gasteiger partial charge in [0.2, 0.25) is 0 Å². The van der Waals surface area contributed by atoms with E-state index in [-0.39, 0.29) is 0 Å². The Bertz CT molecular complexity index is 641. The lowest BCUT2D eigenvalue weighted by Crippen LogP contribution is -2.06. The number of nitrogens with one attached hydrogen (secondary N) is 1. The van der Waals surface area contributed by atoms with Gasteiger partial charge in [0.05, 0.1) is 27.1 Å². The van der Waals surface area contributed by atoms with E-state index in [9.17, 15) is 0 Å². The lowest BCUT2D eigenvalue weighted by molar-refractivity contribution is 0.757. The predicted octanol–water partition coefficient (Wildman–Crippen LogP) is 2.20. The molecule has 2 heterocycles. The van der Waals surface area contributed by atoms with Gasteiger partial charge in [0, 0.05) is 12.7 Å². The number of aromatic nitrogens is 3. The Labute approximate surface area is 103 Å². The fraction of sp³-hybridized carbons (Fsp3) is 0.167. The zero-order valence-electron chi connectivity index (χ0n) is 9.42. The highest BCUT2D eigenvalue weighted by Crippen LogP contribution is 2.20. The lowest BCUT2D eigenvalue weighted by atomic mass is 10.3. The molecule has 0 saturated carbocycles. The van der Waals surface area contributed by atoms with Crippen molar-refractivity contribution in [2.75, 3.05) is 7.05 Å². The van der Waals surface area contributed by atoms with Crippen LogP contribution in [-0.2, 0) is 6.54 Å². The van der Waals surface area contributed by atoms with Gasteiger partial charge in [-0.15, -0.1) is 11.3 Å². The third kappa shape index (κ3) is 1.94. The van der Waals surface area contributed by atoms with Crippen LogP contribution < -0.4 is 5.32 Å².